The Morgan fingerprint density at radius 3 is 2.63 bits per heavy atom. The molecule has 1 aliphatic rings. The Balaban J connectivity index is 2.31. The first-order valence-corrected chi connectivity index (χ1v) is 7.66. The lowest BCUT2D eigenvalue weighted by molar-refractivity contribution is 0.0953. The van der Waals surface area contributed by atoms with E-state index in [2.05, 4.69) is 15.0 Å². The summed E-state index contributed by atoms with van der Waals surface area (Å²) < 4.78 is 30.1. The van der Waals surface area contributed by atoms with E-state index in [1.807, 2.05) is 0 Å². The molecule has 0 saturated heterocycles. The molecule has 0 spiro atoms. The quantitative estimate of drug-likeness (QED) is 0.813. The van der Waals surface area contributed by atoms with Crippen LogP contribution < -0.4 is 14.8 Å². The van der Waals surface area contributed by atoms with Gasteiger partial charge in [-0.2, -0.15) is 0 Å². The number of carbonyl (C=O) groups is 1. The van der Waals surface area contributed by atoms with Crippen molar-refractivity contribution in [1.82, 2.24) is 10.3 Å². The average Bonchev–Trinajstić information content (AvgIpc) is 3.12. The zero-order chi connectivity index (χ0) is 14.0. The third kappa shape index (κ3) is 3.82. The van der Waals surface area contributed by atoms with Crippen LogP contribution in [0.25, 0.3) is 0 Å². The molecule has 1 fully saturated rings. The molecule has 1 aromatic heterocycles. The molecule has 8 heteroatoms. The molecule has 0 aliphatic heterocycles. The topological polar surface area (TPSA) is 97.4 Å². The zero-order valence-electron chi connectivity index (χ0n) is 10.6. The van der Waals surface area contributed by atoms with Gasteiger partial charge in [0.05, 0.1) is 12.4 Å². The van der Waals surface area contributed by atoms with Gasteiger partial charge in [0, 0.05) is 7.05 Å². The van der Waals surface area contributed by atoms with Crippen molar-refractivity contribution in [3.8, 4) is 5.75 Å². The fraction of sp³-hybridized carbons (Fsp3) is 0.455. The molecular weight excluding hydrogens is 270 g/mol. The second kappa shape index (κ2) is 5.04. The summed E-state index contributed by atoms with van der Waals surface area (Å²) in [5.41, 5.74) is 0.0723. The smallest absolute Gasteiger partial charge is 0.273 e. The Labute approximate surface area is 111 Å². The fourth-order valence-corrected chi connectivity index (χ4v) is 1.93. The van der Waals surface area contributed by atoms with E-state index in [1.165, 1.54) is 13.1 Å². The molecule has 1 saturated carbocycles. The third-order valence-corrected chi connectivity index (χ3v) is 2.99. The highest BCUT2D eigenvalue weighted by Crippen LogP contribution is 2.29. The summed E-state index contributed by atoms with van der Waals surface area (Å²) in [6, 6.07) is 3.01. The van der Waals surface area contributed by atoms with Gasteiger partial charge in [-0.1, -0.05) is 0 Å². The number of nitrogens with one attached hydrogen (secondary N) is 2. The van der Waals surface area contributed by atoms with Crippen molar-refractivity contribution in [3.05, 3.63) is 17.8 Å². The van der Waals surface area contributed by atoms with Gasteiger partial charge in [0.1, 0.15) is 5.82 Å². The minimum atomic E-state index is -3.43. The van der Waals surface area contributed by atoms with Crippen molar-refractivity contribution in [2.45, 2.75) is 18.9 Å². The predicted molar refractivity (Wildman–Crippen MR) is 69.7 cm³/mol. The first-order chi connectivity index (χ1) is 8.89. The lowest BCUT2D eigenvalue weighted by atomic mass is 10.3. The van der Waals surface area contributed by atoms with Crippen molar-refractivity contribution in [2.24, 2.45) is 0 Å². The zero-order valence-corrected chi connectivity index (χ0v) is 11.5. The van der Waals surface area contributed by atoms with Gasteiger partial charge >= 0.3 is 0 Å². The second-order valence-corrected chi connectivity index (χ2v) is 6.06. The van der Waals surface area contributed by atoms with Crippen LogP contribution in [0.15, 0.2) is 12.1 Å². The fourth-order valence-electron chi connectivity index (χ4n) is 1.43. The van der Waals surface area contributed by atoms with Crippen molar-refractivity contribution in [1.29, 1.82) is 0 Å². The van der Waals surface area contributed by atoms with E-state index in [0.717, 1.165) is 19.1 Å². The van der Waals surface area contributed by atoms with E-state index in [4.69, 9.17) is 4.74 Å². The van der Waals surface area contributed by atoms with Crippen molar-refractivity contribution in [2.75, 3.05) is 18.0 Å². The number of hydrogen-bond donors (Lipinski definition) is 2. The van der Waals surface area contributed by atoms with Gasteiger partial charge < -0.3 is 10.1 Å². The number of amides is 1. The van der Waals surface area contributed by atoms with Gasteiger partial charge in [0.25, 0.3) is 5.91 Å². The van der Waals surface area contributed by atoms with E-state index in [1.54, 1.807) is 6.07 Å². The van der Waals surface area contributed by atoms with Crippen molar-refractivity contribution in [3.63, 3.8) is 0 Å². The number of hydrogen-bond acceptors (Lipinski definition) is 5. The van der Waals surface area contributed by atoms with Crippen LogP contribution in [-0.4, -0.2) is 38.7 Å². The molecule has 0 unspecified atom stereocenters. The number of ether oxygens (including phenoxy) is 1. The van der Waals surface area contributed by atoms with Gasteiger partial charge in [-0.05, 0) is 25.0 Å². The van der Waals surface area contributed by atoms with Crippen LogP contribution in [0.5, 0.6) is 5.75 Å². The molecular formula is C11H15N3O4S. The molecule has 1 heterocycles. The largest absolute Gasteiger partial charge is 0.488 e. The number of nitrogens with zero attached hydrogens (tertiary/aromatic N) is 1. The maximum Gasteiger partial charge on any atom is 0.273 e. The predicted octanol–water partition coefficient (Wildman–Crippen LogP) is 0.354. The van der Waals surface area contributed by atoms with Crippen LogP contribution in [0.4, 0.5) is 5.82 Å². The standard InChI is InChI=1S/C11H15N3O4S/c1-12-11(15)10-8(18-7-3-4-7)5-6-9(13-10)14-19(2,16)17/h5-7H,3-4H2,1-2H3,(H,12,15)(H,13,14). The van der Waals surface area contributed by atoms with Crippen molar-refractivity contribution >= 4 is 21.7 Å². The molecule has 2 rings (SSSR count). The van der Waals surface area contributed by atoms with E-state index < -0.39 is 15.9 Å². The summed E-state index contributed by atoms with van der Waals surface area (Å²) >= 11 is 0. The van der Waals surface area contributed by atoms with Crippen LogP contribution in [0.1, 0.15) is 23.3 Å². The van der Waals surface area contributed by atoms with Gasteiger partial charge in [-0.15, -0.1) is 0 Å². The number of anilines is 1. The number of sulfonamides is 1. The van der Waals surface area contributed by atoms with Crippen LogP contribution in [-0.2, 0) is 10.0 Å². The summed E-state index contributed by atoms with van der Waals surface area (Å²) in [4.78, 5) is 15.7. The lowest BCUT2D eigenvalue weighted by Crippen LogP contribution is -2.22. The highest BCUT2D eigenvalue weighted by atomic mass is 32.2. The SMILES string of the molecule is CNC(=O)c1nc(NS(C)(=O)=O)ccc1OC1CC1. The van der Waals surface area contributed by atoms with E-state index >= 15 is 0 Å². The molecule has 1 aliphatic carbocycles. The Morgan fingerprint density at radius 2 is 2.11 bits per heavy atom. The number of pyridine rings is 1. The summed E-state index contributed by atoms with van der Waals surface area (Å²) in [6.45, 7) is 0. The Hall–Kier alpha value is -1.83. The minimum absolute atomic E-state index is 0.0723. The molecule has 0 atom stereocenters. The minimum Gasteiger partial charge on any atom is -0.488 e. The molecule has 104 valence electrons. The summed E-state index contributed by atoms with van der Waals surface area (Å²) in [6.07, 6.45) is 3.05. The Morgan fingerprint density at radius 1 is 1.42 bits per heavy atom. The molecule has 1 aromatic rings. The van der Waals surface area contributed by atoms with E-state index in [9.17, 15) is 13.2 Å². The summed E-state index contributed by atoms with van der Waals surface area (Å²) in [5, 5.41) is 2.45. The van der Waals surface area contributed by atoms with Crippen LogP contribution >= 0.6 is 0 Å². The Bertz CT molecular complexity index is 596. The number of aromatic nitrogens is 1. The van der Waals surface area contributed by atoms with E-state index in [0.29, 0.717) is 5.75 Å². The molecule has 0 bridgehead atoms. The number of rotatable bonds is 5. The first-order valence-electron chi connectivity index (χ1n) is 5.76. The second-order valence-electron chi connectivity index (χ2n) is 4.31. The highest BCUT2D eigenvalue weighted by Gasteiger charge is 2.26. The third-order valence-electron chi connectivity index (χ3n) is 2.41. The van der Waals surface area contributed by atoms with Crippen LogP contribution in [0.3, 0.4) is 0 Å². The summed E-state index contributed by atoms with van der Waals surface area (Å²) in [7, 11) is -1.96. The highest BCUT2D eigenvalue weighted by molar-refractivity contribution is 7.92. The van der Waals surface area contributed by atoms with Gasteiger partial charge in [0.15, 0.2) is 11.4 Å². The normalized spacial score (nSPS) is 14.8. The van der Waals surface area contributed by atoms with Crippen LogP contribution in [0.2, 0.25) is 0 Å². The maximum atomic E-state index is 11.7. The van der Waals surface area contributed by atoms with Gasteiger partial charge in [-0.3, -0.25) is 9.52 Å². The molecule has 0 aromatic carbocycles. The number of carbonyl (C=O) groups excluding carboxylic acids is 1. The maximum absolute atomic E-state index is 11.7. The molecule has 19 heavy (non-hydrogen) atoms. The summed E-state index contributed by atoms with van der Waals surface area (Å²) in [5.74, 6) is 0.0259. The first kappa shape index (κ1) is 13.6. The van der Waals surface area contributed by atoms with Gasteiger partial charge in [-0.25, -0.2) is 13.4 Å². The van der Waals surface area contributed by atoms with Gasteiger partial charge in [0.2, 0.25) is 10.0 Å². The van der Waals surface area contributed by atoms with Crippen molar-refractivity contribution < 1.29 is 17.9 Å². The lowest BCUT2D eigenvalue weighted by Gasteiger charge is -2.11. The van der Waals surface area contributed by atoms with Crippen LogP contribution in [0, 0.1) is 0 Å². The average molecular weight is 285 g/mol. The monoisotopic (exact) mass is 285 g/mol. The molecule has 7 nitrogen and oxygen atoms in total. The molecule has 2 N–H and O–H groups in total. The Kier molecular flexibility index (Phi) is 3.61. The molecule has 1 amide bonds. The molecule has 0 radical (unpaired) electrons. The van der Waals surface area contributed by atoms with E-state index in [-0.39, 0.29) is 17.6 Å².